The highest BCUT2D eigenvalue weighted by Gasteiger charge is 2.26. The predicted molar refractivity (Wildman–Crippen MR) is 49.0 cm³/mol. The molecule has 1 aliphatic rings. The molecule has 0 fully saturated rings. The Balaban J connectivity index is 2.40. The Hall–Kier alpha value is -0.970. The Kier molecular flexibility index (Phi) is 2.03. The molecule has 1 atom stereocenters. The number of fused-ring (bicyclic) bond motifs is 1. The first kappa shape index (κ1) is 8.62. The van der Waals surface area contributed by atoms with Crippen LogP contribution in [0, 0.1) is 0 Å². The van der Waals surface area contributed by atoms with Crippen LogP contribution in [0.3, 0.4) is 0 Å². The van der Waals surface area contributed by atoms with Crippen molar-refractivity contribution in [2.75, 3.05) is 0 Å². The summed E-state index contributed by atoms with van der Waals surface area (Å²) in [6, 6.07) is -0.339. The van der Waals surface area contributed by atoms with Gasteiger partial charge in [-0.05, 0) is 6.42 Å². The van der Waals surface area contributed by atoms with Crippen molar-refractivity contribution in [2.24, 2.45) is 0 Å². The Morgan fingerprint density at radius 1 is 1.46 bits per heavy atom. The van der Waals surface area contributed by atoms with Gasteiger partial charge in [0.15, 0.2) is 0 Å². The Bertz CT molecular complexity index is 343. The molecule has 2 N–H and O–H groups in total. The van der Waals surface area contributed by atoms with Crippen LogP contribution < -0.4 is 0 Å². The zero-order valence-corrected chi connectivity index (χ0v) is 8.01. The Morgan fingerprint density at radius 3 is 2.92 bits per heavy atom. The molecule has 0 aromatic carbocycles. The lowest BCUT2D eigenvalue weighted by atomic mass is 10.2. The largest absolute Gasteiger partial charge is 0.492 e. The van der Waals surface area contributed by atoms with Gasteiger partial charge < -0.3 is 10.2 Å². The smallest absolute Gasteiger partial charge is 0.317 e. The fourth-order valence-corrected chi connectivity index (χ4v) is 2.54. The summed E-state index contributed by atoms with van der Waals surface area (Å²) in [6.45, 7) is 2.09. The highest BCUT2D eigenvalue weighted by Crippen LogP contribution is 2.42. The van der Waals surface area contributed by atoms with E-state index in [1.807, 2.05) is 0 Å². The first-order chi connectivity index (χ1) is 6.20. The number of nitrogens with zero attached hydrogens (tertiary/aromatic N) is 2. The maximum atomic E-state index is 9.39. The van der Waals surface area contributed by atoms with Crippen molar-refractivity contribution in [3.05, 3.63) is 5.69 Å². The highest BCUT2D eigenvalue weighted by molar-refractivity contribution is 8.00. The van der Waals surface area contributed by atoms with Gasteiger partial charge in [-0.2, -0.15) is 9.97 Å². The molecule has 0 aliphatic carbocycles. The number of hydrogen-bond donors (Lipinski definition) is 2. The molecule has 0 amide bonds. The van der Waals surface area contributed by atoms with Crippen LogP contribution in [0.25, 0.3) is 0 Å². The minimum Gasteiger partial charge on any atom is -0.492 e. The highest BCUT2D eigenvalue weighted by atomic mass is 32.2. The van der Waals surface area contributed by atoms with Crippen LogP contribution in [0.2, 0.25) is 0 Å². The van der Waals surface area contributed by atoms with Gasteiger partial charge in [-0.3, -0.25) is 0 Å². The van der Waals surface area contributed by atoms with Gasteiger partial charge in [-0.15, -0.1) is 11.8 Å². The lowest BCUT2D eigenvalue weighted by molar-refractivity contribution is 0.386. The van der Waals surface area contributed by atoms with Gasteiger partial charge in [0.25, 0.3) is 0 Å². The van der Waals surface area contributed by atoms with E-state index in [1.165, 1.54) is 0 Å². The van der Waals surface area contributed by atoms with E-state index in [0.717, 1.165) is 23.4 Å². The molecule has 1 aromatic heterocycles. The lowest BCUT2D eigenvalue weighted by Gasteiger charge is -2.00. The first-order valence-electron chi connectivity index (χ1n) is 4.16. The quantitative estimate of drug-likeness (QED) is 0.712. The molecule has 0 bridgehead atoms. The van der Waals surface area contributed by atoms with Gasteiger partial charge in [-0.1, -0.05) is 6.92 Å². The summed E-state index contributed by atoms with van der Waals surface area (Å²) in [5.41, 5.74) is 0.766. The van der Waals surface area contributed by atoms with Crippen LogP contribution in [0.15, 0.2) is 4.90 Å². The Labute approximate surface area is 80.0 Å². The summed E-state index contributed by atoms with van der Waals surface area (Å²) >= 11 is 1.59. The summed E-state index contributed by atoms with van der Waals surface area (Å²) in [4.78, 5) is 8.10. The molecule has 0 saturated carbocycles. The Morgan fingerprint density at radius 2 is 2.23 bits per heavy atom. The maximum absolute atomic E-state index is 9.39. The number of thioether (sulfide) groups is 1. The van der Waals surface area contributed by atoms with Gasteiger partial charge in [0.1, 0.15) is 0 Å². The standard InChI is InChI=1S/C8H10N2O2S/c1-2-4-3-5-6(13-4)7(11)10-8(12)9-5/h4H,2-3H2,1H3,(H2,9,10,11,12). The minimum atomic E-state index is -0.339. The molecule has 70 valence electrons. The van der Waals surface area contributed by atoms with Crippen molar-refractivity contribution in [3.8, 4) is 11.9 Å². The van der Waals surface area contributed by atoms with Gasteiger partial charge in [-0.25, -0.2) is 0 Å². The van der Waals surface area contributed by atoms with E-state index in [-0.39, 0.29) is 11.9 Å². The monoisotopic (exact) mass is 198 g/mol. The van der Waals surface area contributed by atoms with Crippen LogP contribution >= 0.6 is 11.8 Å². The first-order valence-corrected chi connectivity index (χ1v) is 5.04. The minimum absolute atomic E-state index is 0.0940. The van der Waals surface area contributed by atoms with Gasteiger partial charge >= 0.3 is 6.01 Å². The van der Waals surface area contributed by atoms with Crippen molar-refractivity contribution in [1.82, 2.24) is 9.97 Å². The molecular weight excluding hydrogens is 188 g/mol. The lowest BCUT2D eigenvalue weighted by Crippen LogP contribution is -1.98. The SMILES string of the molecule is CCC1Cc2nc(O)nc(O)c2S1. The third kappa shape index (κ3) is 1.44. The van der Waals surface area contributed by atoms with Gasteiger partial charge in [0.2, 0.25) is 5.88 Å². The van der Waals surface area contributed by atoms with E-state index < -0.39 is 0 Å². The molecule has 13 heavy (non-hydrogen) atoms. The van der Waals surface area contributed by atoms with E-state index >= 15 is 0 Å². The van der Waals surface area contributed by atoms with Crippen molar-refractivity contribution in [1.29, 1.82) is 0 Å². The average Bonchev–Trinajstić information content (AvgIpc) is 2.47. The number of rotatable bonds is 1. The molecule has 0 saturated heterocycles. The number of hydrogen-bond acceptors (Lipinski definition) is 5. The third-order valence-corrected chi connectivity index (χ3v) is 3.55. The van der Waals surface area contributed by atoms with Gasteiger partial charge in [0.05, 0.1) is 10.6 Å². The number of aromatic nitrogens is 2. The second-order valence-corrected chi connectivity index (χ2v) is 4.29. The summed E-state index contributed by atoms with van der Waals surface area (Å²) in [5.74, 6) is -0.0940. The fourth-order valence-electron chi connectivity index (χ4n) is 1.38. The van der Waals surface area contributed by atoms with E-state index in [9.17, 15) is 5.11 Å². The molecule has 1 unspecified atom stereocenters. The summed E-state index contributed by atoms with van der Waals surface area (Å²) in [6.07, 6.45) is 1.83. The van der Waals surface area contributed by atoms with Crippen LogP contribution in [0.5, 0.6) is 11.9 Å². The summed E-state index contributed by atoms with van der Waals surface area (Å²) in [7, 11) is 0. The summed E-state index contributed by atoms with van der Waals surface area (Å²) < 4.78 is 0. The molecule has 1 aliphatic heterocycles. The molecule has 5 heteroatoms. The molecule has 2 heterocycles. The van der Waals surface area contributed by atoms with E-state index in [0.29, 0.717) is 5.25 Å². The second kappa shape index (κ2) is 3.06. The fraction of sp³-hybridized carbons (Fsp3) is 0.500. The molecule has 4 nitrogen and oxygen atoms in total. The van der Waals surface area contributed by atoms with Crippen LogP contribution in [-0.4, -0.2) is 25.4 Å². The number of aromatic hydroxyl groups is 2. The predicted octanol–water partition coefficient (Wildman–Crippen LogP) is 1.31. The maximum Gasteiger partial charge on any atom is 0.317 e. The third-order valence-electron chi connectivity index (χ3n) is 2.07. The van der Waals surface area contributed by atoms with Crippen molar-refractivity contribution >= 4 is 11.8 Å². The zero-order valence-electron chi connectivity index (χ0n) is 7.19. The van der Waals surface area contributed by atoms with Crippen LogP contribution in [0.1, 0.15) is 19.0 Å². The van der Waals surface area contributed by atoms with Gasteiger partial charge in [0, 0.05) is 11.7 Å². The average molecular weight is 198 g/mol. The molecule has 0 radical (unpaired) electrons. The molecular formula is C8H10N2O2S. The van der Waals surface area contributed by atoms with Crippen molar-refractivity contribution in [3.63, 3.8) is 0 Å². The summed E-state index contributed by atoms with van der Waals surface area (Å²) in [5, 5.41) is 18.9. The topological polar surface area (TPSA) is 66.2 Å². The van der Waals surface area contributed by atoms with Crippen molar-refractivity contribution in [2.45, 2.75) is 29.9 Å². The molecule has 0 spiro atoms. The van der Waals surface area contributed by atoms with Crippen LogP contribution in [-0.2, 0) is 6.42 Å². The van der Waals surface area contributed by atoms with E-state index in [4.69, 9.17) is 5.11 Å². The van der Waals surface area contributed by atoms with E-state index in [1.54, 1.807) is 11.8 Å². The molecule has 2 rings (SSSR count). The van der Waals surface area contributed by atoms with E-state index in [2.05, 4.69) is 16.9 Å². The van der Waals surface area contributed by atoms with Crippen molar-refractivity contribution < 1.29 is 10.2 Å². The normalized spacial score (nSPS) is 20.2. The molecule has 1 aromatic rings. The second-order valence-electron chi connectivity index (χ2n) is 2.98. The van der Waals surface area contributed by atoms with Crippen LogP contribution in [0.4, 0.5) is 0 Å². The zero-order chi connectivity index (χ0) is 9.42.